The van der Waals surface area contributed by atoms with Crippen LogP contribution in [0.1, 0.15) is 12.8 Å². The van der Waals surface area contributed by atoms with Crippen molar-refractivity contribution in [3.63, 3.8) is 0 Å². The van der Waals surface area contributed by atoms with Crippen molar-refractivity contribution in [2.24, 2.45) is 5.92 Å². The molecule has 76 valence electrons. The molecule has 1 unspecified atom stereocenters. The van der Waals surface area contributed by atoms with E-state index in [4.69, 9.17) is 0 Å². The van der Waals surface area contributed by atoms with Gasteiger partial charge >= 0.3 is 0 Å². The smallest absolute Gasteiger partial charge is 0.205 e. The van der Waals surface area contributed by atoms with E-state index in [1.54, 1.807) is 0 Å². The first-order valence-electron chi connectivity index (χ1n) is 4.10. The Bertz CT molecular complexity index is 181. The van der Waals surface area contributed by atoms with E-state index in [-0.39, 0.29) is 11.2 Å². The predicted octanol–water partition coefficient (Wildman–Crippen LogP) is 1.95. The second-order valence-electron chi connectivity index (χ2n) is 3.05. The molecule has 0 amide bonds. The lowest BCUT2D eigenvalue weighted by Crippen LogP contribution is -2.36. The van der Waals surface area contributed by atoms with Gasteiger partial charge in [-0.2, -0.15) is 15.5 Å². The van der Waals surface area contributed by atoms with Crippen molar-refractivity contribution in [1.82, 2.24) is 3.71 Å². The summed E-state index contributed by atoms with van der Waals surface area (Å²) in [5.41, 5.74) is 0. The maximum Gasteiger partial charge on any atom is 0.205 e. The van der Waals surface area contributed by atoms with Crippen molar-refractivity contribution < 1.29 is 4.79 Å². The molecule has 1 fully saturated rings. The molecule has 0 aromatic carbocycles. The molecule has 13 heavy (non-hydrogen) atoms. The average Bonchev–Trinajstić information content (AvgIpc) is 2.04. The summed E-state index contributed by atoms with van der Waals surface area (Å²) in [6.45, 7) is 0. The van der Waals surface area contributed by atoms with Crippen LogP contribution in [-0.2, 0) is 4.79 Å². The van der Waals surface area contributed by atoms with Gasteiger partial charge in [0.15, 0.2) is 0 Å². The summed E-state index contributed by atoms with van der Waals surface area (Å²) < 4.78 is 1.38. The van der Waals surface area contributed by atoms with E-state index in [1.165, 1.54) is 3.71 Å². The second kappa shape index (κ2) is 5.80. The summed E-state index contributed by atoms with van der Waals surface area (Å²) in [5.74, 6) is 2.61. The highest BCUT2D eigenvalue weighted by molar-refractivity contribution is 7.99. The van der Waals surface area contributed by atoms with Gasteiger partial charge in [-0.1, -0.05) is 25.6 Å². The Morgan fingerprint density at radius 2 is 1.92 bits per heavy atom. The Balaban J connectivity index is 2.57. The Morgan fingerprint density at radius 1 is 1.38 bits per heavy atom. The van der Waals surface area contributed by atoms with Gasteiger partial charge in [-0.3, -0.25) is 4.79 Å². The van der Waals surface area contributed by atoms with Crippen LogP contribution in [0.15, 0.2) is 0 Å². The third-order valence-electron chi connectivity index (χ3n) is 2.21. The van der Waals surface area contributed by atoms with Crippen molar-refractivity contribution in [3.8, 4) is 0 Å². The lowest BCUT2D eigenvalue weighted by Gasteiger charge is -2.30. The number of hydrogen-bond acceptors (Lipinski definition) is 5. The van der Waals surface area contributed by atoms with Crippen LogP contribution in [0.2, 0.25) is 0 Å². The molecule has 1 atom stereocenters. The first-order valence-corrected chi connectivity index (χ1v) is 6.50. The SMILES string of the molecule is O=C(S)C(C1CCSCC1)N(S)S. The summed E-state index contributed by atoms with van der Waals surface area (Å²) in [6.07, 6.45) is 2.11. The number of carbonyl (C=O) groups excluding carboxylic acids is 1. The van der Waals surface area contributed by atoms with Crippen molar-refractivity contribution >= 4 is 55.1 Å². The Kier molecular flexibility index (Phi) is 5.40. The Hall–Kier alpha value is 1.03. The van der Waals surface area contributed by atoms with Gasteiger partial charge in [0.05, 0.1) is 0 Å². The maximum absolute atomic E-state index is 11.2. The molecule has 1 rings (SSSR count). The van der Waals surface area contributed by atoms with Crippen molar-refractivity contribution in [2.45, 2.75) is 18.9 Å². The summed E-state index contributed by atoms with van der Waals surface area (Å²) in [6, 6.07) is -0.254. The zero-order valence-electron chi connectivity index (χ0n) is 7.09. The molecule has 0 spiro atoms. The van der Waals surface area contributed by atoms with Gasteiger partial charge in [0.25, 0.3) is 0 Å². The Labute approximate surface area is 99.7 Å². The fourth-order valence-corrected chi connectivity index (χ4v) is 3.76. The van der Waals surface area contributed by atoms with Crippen molar-refractivity contribution in [3.05, 3.63) is 0 Å². The van der Waals surface area contributed by atoms with Gasteiger partial charge in [-0.25, -0.2) is 0 Å². The van der Waals surface area contributed by atoms with Gasteiger partial charge in [0.2, 0.25) is 5.12 Å². The van der Waals surface area contributed by atoms with Crippen LogP contribution >= 0.6 is 50.0 Å². The molecule has 0 aliphatic carbocycles. The van der Waals surface area contributed by atoms with Crippen LogP contribution in [0, 0.1) is 5.92 Å². The largest absolute Gasteiger partial charge is 0.286 e. The van der Waals surface area contributed by atoms with Crippen LogP contribution in [0.5, 0.6) is 0 Å². The summed E-state index contributed by atoms with van der Waals surface area (Å²) in [5, 5.41) is -0.137. The van der Waals surface area contributed by atoms with E-state index in [0.29, 0.717) is 5.92 Å². The molecular weight excluding hydrogens is 242 g/mol. The quantitative estimate of drug-likeness (QED) is 0.671. The average molecular weight is 255 g/mol. The van der Waals surface area contributed by atoms with E-state index in [1.807, 2.05) is 11.8 Å². The number of rotatable bonds is 3. The fraction of sp³-hybridized carbons (Fsp3) is 0.857. The van der Waals surface area contributed by atoms with Crippen LogP contribution in [0.4, 0.5) is 0 Å². The van der Waals surface area contributed by atoms with E-state index in [9.17, 15) is 4.79 Å². The lowest BCUT2D eigenvalue weighted by atomic mass is 9.95. The molecule has 1 saturated heterocycles. The zero-order chi connectivity index (χ0) is 9.84. The molecule has 0 aromatic rings. The van der Waals surface area contributed by atoms with Gasteiger partial charge in [0.1, 0.15) is 6.04 Å². The standard InChI is InChI=1S/C7H13NOS4/c9-7(10)6(8(11)12)5-1-3-13-4-2-5/h5-6,11-12H,1-4H2,(H,9,10). The Morgan fingerprint density at radius 3 is 2.31 bits per heavy atom. The van der Waals surface area contributed by atoms with Crippen LogP contribution in [-0.4, -0.2) is 26.4 Å². The topological polar surface area (TPSA) is 20.3 Å². The maximum atomic E-state index is 11.2. The monoisotopic (exact) mass is 255 g/mol. The first-order chi connectivity index (χ1) is 6.13. The summed E-state index contributed by atoms with van der Waals surface area (Å²) in [7, 11) is 0. The lowest BCUT2D eigenvalue weighted by molar-refractivity contribution is -0.114. The van der Waals surface area contributed by atoms with E-state index < -0.39 is 0 Å². The fourth-order valence-electron chi connectivity index (χ4n) is 1.52. The van der Waals surface area contributed by atoms with Gasteiger partial charge in [-0.05, 0) is 30.3 Å². The van der Waals surface area contributed by atoms with Crippen LogP contribution in [0.25, 0.3) is 0 Å². The molecular formula is C7H13NOS4. The predicted molar refractivity (Wildman–Crippen MR) is 67.6 cm³/mol. The molecule has 2 nitrogen and oxygen atoms in total. The van der Waals surface area contributed by atoms with Crippen LogP contribution in [0.3, 0.4) is 0 Å². The number of thiol groups is 3. The number of carbonyl (C=O) groups is 1. The molecule has 0 bridgehead atoms. The molecule has 1 aliphatic heterocycles. The molecule has 0 aromatic heterocycles. The van der Waals surface area contributed by atoms with Gasteiger partial charge in [-0.15, -0.1) is 12.6 Å². The van der Waals surface area contributed by atoms with E-state index in [2.05, 4.69) is 38.3 Å². The normalized spacial score (nSPS) is 21.8. The highest BCUT2D eigenvalue weighted by atomic mass is 32.2. The third-order valence-corrected chi connectivity index (χ3v) is 4.03. The molecule has 0 saturated carbocycles. The van der Waals surface area contributed by atoms with Crippen LogP contribution < -0.4 is 0 Å². The minimum Gasteiger partial charge on any atom is -0.286 e. The van der Waals surface area contributed by atoms with Crippen molar-refractivity contribution in [2.75, 3.05) is 11.5 Å². The molecule has 0 radical (unpaired) electrons. The summed E-state index contributed by atoms with van der Waals surface area (Å²) >= 11 is 13.9. The minimum absolute atomic E-state index is 0.137. The van der Waals surface area contributed by atoms with Gasteiger partial charge < -0.3 is 0 Å². The molecule has 1 aliphatic rings. The minimum atomic E-state index is -0.254. The number of thioether (sulfide) groups is 1. The number of nitrogens with zero attached hydrogens (tertiary/aromatic N) is 1. The van der Waals surface area contributed by atoms with Crippen molar-refractivity contribution in [1.29, 1.82) is 0 Å². The summed E-state index contributed by atoms with van der Waals surface area (Å²) in [4.78, 5) is 11.2. The van der Waals surface area contributed by atoms with E-state index in [0.717, 1.165) is 24.3 Å². The van der Waals surface area contributed by atoms with E-state index >= 15 is 0 Å². The number of hydrogen-bond donors (Lipinski definition) is 3. The second-order valence-corrected chi connectivity index (χ2v) is 5.90. The molecule has 0 N–H and O–H groups in total. The zero-order valence-corrected chi connectivity index (χ0v) is 10.6. The molecule has 6 heteroatoms. The molecule has 1 heterocycles. The first kappa shape index (κ1) is 12.1. The van der Waals surface area contributed by atoms with Gasteiger partial charge in [0, 0.05) is 0 Å². The third kappa shape index (κ3) is 3.58. The highest BCUT2D eigenvalue weighted by Gasteiger charge is 2.30. The highest BCUT2D eigenvalue weighted by Crippen LogP contribution is 2.30.